The number of nitrogens with zero attached hydrogens (tertiary/aromatic N) is 2. The van der Waals surface area contributed by atoms with Gasteiger partial charge in [-0.05, 0) is 51.1 Å². The molecule has 4 nitrogen and oxygen atoms in total. The molecule has 1 aliphatic carbocycles. The van der Waals surface area contributed by atoms with Gasteiger partial charge in [0.15, 0.2) is 0 Å². The second-order valence-corrected chi connectivity index (χ2v) is 6.88. The number of ether oxygens (including phenoxy) is 1. The van der Waals surface area contributed by atoms with E-state index < -0.39 is 0 Å². The first-order valence-corrected chi connectivity index (χ1v) is 7.41. The molecule has 1 aliphatic heterocycles. The summed E-state index contributed by atoms with van der Waals surface area (Å²) in [5.74, 6) is 1.40. The van der Waals surface area contributed by atoms with Crippen LogP contribution in [0.1, 0.15) is 45.1 Å². The molecule has 1 atom stereocenters. The maximum Gasteiger partial charge on any atom is 0.142 e. The Balaban J connectivity index is 1.90. The SMILES string of the molecule is CC1CN(c2snc(N)c2C2CC2)CC(C)(C)O1. The summed E-state index contributed by atoms with van der Waals surface area (Å²) in [6, 6.07) is 0. The Kier molecular flexibility index (Phi) is 2.79. The zero-order valence-electron chi connectivity index (χ0n) is 11.3. The maximum atomic E-state index is 6.03. The van der Waals surface area contributed by atoms with E-state index in [2.05, 4.69) is 30.0 Å². The summed E-state index contributed by atoms with van der Waals surface area (Å²) < 4.78 is 10.3. The quantitative estimate of drug-likeness (QED) is 0.895. The lowest BCUT2D eigenvalue weighted by Crippen LogP contribution is -2.52. The predicted molar refractivity (Wildman–Crippen MR) is 75.3 cm³/mol. The lowest BCUT2D eigenvalue weighted by molar-refractivity contribution is -0.0748. The third-order valence-corrected chi connectivity index (χ3v) is 4.52. The number of nitrogens with two attached hydrogens (primary N) is 1. The molecule has 18 heavy (non-hydrogen) atoms. The molecule has 1 saturated heterocycles. The molecule has 5 heteroatoms. The Hall–Kier alpha value is -0.810. The Morgan fingerprint density at radius 2 is 2.17 bits per heavy atom. The number of hydrogen-bond acceptors (Lipinski definition) is 5. The van der Waals surface area contributed by atoms with E-state index in [-0.39, 0.29) is 11.7 Å². The fourth-order valence-corrected chi connectivity index (χ4v) is 3.80. The average molecular weight is 267 g/mol. The smallest absolute Gasteiger partial charge is 0.142 e. The van der Waals surface area contributed by atoms with Crippen molar-refractivity contribution in [3.8, 4) is 0 Å². The van der Waals surface area contributed by atoms with Gasteiger partial charge in [0.25, 0.3) is 0 Å². The molecule has 0 amide bonds. The summed E-state index contributed by atoms with van der Waals surface area (Å²) in [4.78, 5) is 2.41. The van der Waals surface area contributed by atoms with Crippen molar-refractivity contribution in [2.24, 2.45) is 0 Å². The van der Waals surface area contributed by atoms with E-state index in [9.17, 15) is 0 Å². The molecule has 2 fully saturated rings. The molecular formula is C13H21N3OS. The molecule has 0 aromatic carbocycles. The van der Waals surface area contributed by atoms with Crippen molar-refractivity contribution in [3.05, 3.63) is 5.56 Å². The fourth-order valence-electron chi connectivity index (χ4n) is 2.89. The molecule has 1 saturated carbocycles. The molecular weight excluding hydrogens is 246 g/mol. The summed E-state index contributed by atoms with van der Waals surface area (Å²) in [6.07, 6.45) is 2.78. The zero-order valence-corrected chi connectivity index (χ0v) is 12.1. The van der Waals surface area contributed by atoms with Gasteiger partial charge in [-0.3, -0.25) is 0 Å². The Bertz CT molecular complexity index is 453. The molecule has 0 spiro atoms. The van der Waals surface area contributed by atoms with Crippen molar-refractivity contribution >= 4 is 22.4 Å². The lowest BCUT2D eigenvalue weighted by atomic mass is 10.0. The summed E-state index contributed by atoms with van der Waals surface area (Å²) in [6.45, 7) is 8.28. The van der Waals surface area contributed by atoms with Crippen LogP contribution in [0.4, 0.5) is 10.8 Å². The van der Waals surface area contributed by atoms with Gasteiger partial charge in [-0.2, -0.15) is 4.37 Å². The van der Waals surface area contributed by atoms with Gasteiger partial charge < -0.3 is 15.4 Å². The number of aromatic nitrogens is 1. The summed E-state index contributed by atoms with van der Waals surface area (Å²) in [5, 5.41) is 1.28. The van der Waals surface area contributed by atoms with E-state index in [1.54, 1.807) is 11.5 Å². The fraction of sp³-hybridized carbons (Fsp3) is 0.769. The third-order valence-electron chi connectivity index (χ3n) is 3.58. The zero-order chi connectivity index (χ0) is 12.9. The molecule has 100 valence electrons. The second-order valence-electron chi connectivity index (χ2n) is 6.13. The van der Waals surface area contributed by atoms with Crippen molar-refractivity contribution in [2.45, 2.75) is 51.2 Å². The molecule has 0 radical (unpaired) electrons. The molecule has 2 heterocycles. The number of anilines is 2. The van der Waals surface area contributed by atoms with E-state index in [0.29, 0.717) is 5.92 Å². The first-order valence-electron chi connectivity index (χ1n) is 6.64. The molecule has 1 unspecified atom stereocenters. The largest absolute Gasteiger partial charge is 0.383 e. The van der Waals surface area contributed by atoms with Gasteiger partial charge in [0.1, 0.15) is 10.8 Å². The third kappa shape index (κ3) is 2.21. The molecule has 1 aromatic heterocycles. The Morgan fingerprint density at radius 3 is 2.78 bits per heavy atom. The summed E-state index contributed by atoms with van der Waals surface area (Å²) in [7, 11) is 0. The van der Waals surface area contributed by atoms with Crippen LogP contribution in [-0.2, 0) is 4.74 Å². The van der Waals surface area contributed by atoms with Crippen LogP contribution in [0.2, 0.25) is 0 Å². The van der Waals surface area contributed by atoms with Crippen molar-refractivity contribution in [1.29, 1.82) is 0 Å². The second kappa shape index (κ2) is 4.10. The van der Waals surface area contributed by atoms with Crippen molar-refractivity contribution in [3.63, 3.8) is 0 Å². The van der Waals surface area contributed by atoms with Crippen LogP contribution in [-0.4, -0.2) is 29.2 Å². The van der Waals surface area contributed by atoms with Crippen LogP contribution in [0.5, 0.6) is 0 Å². The minimum atomic E-state index is -0.1000. The highest BCUT2D eigenvalue weighted by Crippen LogP contribution is 2.49. The summed E-state index contributed by atoms with van der Waals surface area (Å²) in [5.41, 5.74) is 7.23. The van der Waals surface area contributed by atoms with E-state index in [1.807, 2.05) is 0 Å². The molecule has 2 N–H and O–H groups in total. The molecule has 1 aromatic rings. The average Bonchev–Trinajstić information content (AvgIpc) is 2.99. The van der Waals surface area contributed by atoms with Gasteiger partial charge in [0.05, 0.1) is 11.7 Å². The van der Waals surface area contributed by atoms with E-state index in [4.69, 9.17) is 10.5 Å². The Labute approximate surface area is 112 Å². The standard InChI is InChI=1S/C13H21N3OS/c1-8-6-16(7-13(2,3)17-8)12-10(9-4-5-9)11(14)15-18-12/h8-9H,4-7H2,1-3H3,(H2,14,15). The van der Waals surface area contributed by atoms with Crippen LogP contribution in [0.3, 0.4) is 0 Å². The highest BCUT2D eigenvalue weighted by molar-refractivity contribution is 7.10. The van der Waals surface area contributed by atoms with Crippen LogP contribution < -0.4 is 10.6 Å². The van der Waals surface area contributed by atoms with Crippen LogP contribution in [0.25, 0.3) is 0 Å². The van der Waals surface area contributed by atoms with E-state index >= 15 is 0 Å². The van der Waals surface area contributed by atoms with Crippen molar-refractivity contribution in [1.82, 2.24) is 4.37 Å². The first-order chi connectivity index (χ1) is 8.46. The van der Waals surface area contributed by atoms with E-state index in [1.165, 1.54) is 23.4 Å². The topological polar surface area (TPSA) is 51.4 Å². The van der Waals surface area contributed by atoms with Gasteiger partial charge in [-0.25, -0.2) is 0 Å². The monoisotopic (exact) mass is 267 g/mol. The van der Waals surface area contributed by atoms with Gasteiger partial charge in [-0.15, -0.1) is 0 Å². The normalized spacial score (nSPS) is 27.5. The summed E-state index contributed by atoms with van der Waals surface area (Å²) >= 11 is 1.55. The van der Waals surface area contributed by atoms with Gasteiger partial charge >= 0.3 is 0 Å². The van der Waals surface area contributed by atoms with Crippen LogP contribution >= 0.6 is 11.5 Å². The molecule has 2 aliphatic rings. The molecule has 0 bridgehead atoms. The highest BCUT2D eigenvalue weighted by atomic mass is 32.1. The predicted octanol–water partition coefficient (Wildman–Crippen LogP) is 2.61. The minimum absolute atomic E-state index is 0.1000. The van der Waals surface area contributed by atoms with Crippen molar-refractivity contribution < 1.29 is 4.74 Å². The number of hydrogen-bond donors (Lipinski definition) is 1. The molecule has 3 rings (SSSR count). The number of nitrogen functional groups attached to an aromatic ring is 1. The maximum absolute atomic E-state index is 6.03. The first kappa shape index (κ1) is 12.2. The van der Waals surface area contributed by atoms with Gasteiger partial charge in [-0.1, -0.05) is 0 Å². The van der Waals surface area contributed by atoms with Gasteiger partial charge in [0.2, 0.25) is 0 Å². The van der Waals surface area contributed by atoms with Crippen molar-refractivity contribution in [2.75, 3.05) is 23.7 Å². The van der Waals surface area contributed by atoms with Crippen LogP contribution in [0.15, 0.2) is 0 Å². The number of rotatable bonds is 2. The highest BCUT2D eigenvalue weighted by Gasteiger charge is 2.37. The van der Waals surface area contributed by atoms with E-state index in [0.717, 1.165) is 18.9 Å². The minimum Gasteiger partial charge on any atom is -0.383 e. The number of morpholine rings is 1. The lowest BCUT2D eigenvalue weighted by Gasteiger charge is -2.42. The van der Waals surface area contributed by atoms with Crippen LogP contribution in [0, 0.1) is 0 Å². The Morgan fingerprint density at radius 1 is 1.44 bits per heavy atom. The van der Waals surface area contributed by atoms with Gasteiger partial charge in [0, 0.05) is 18.7 Å².